The summed E-state index contributed by atoms with van der Waals surface area (Å²) in [6, 6.07) is 4.12. The van der Waals surface area contributed by atoms with Crippen LogP contribution in [0.3, 0.4) is 0 Å². The average Bonchev–Trinajstić information content (AvgIpc) is 2.46. The Morgan fingerprint density at radius 1 is 1.10 bits per heavy atom. The second kappa shape index (κ2) is 11.1. The van der Waals surface area contributed by atoms with E-state index >= 15 is 0 Å². The molecule has 1 N–H and O–H groups in total. The molecule has 0 aliphatic carbocycles. The van der Waals surface area contributed by atoms with Crippen LogP contribution in [0.2, 0.25) is 5.02 Å². The zero-order valence-electron chi connectivity index (χ0n) is 13.0. The Hall–Kier alpha value is -0.600. The molecular formula is C17H29ClN2. The molecule has 0 radical (unpaired) electrons. The molecule has 0 bridgehead atoms. The second-order valence-electron chi connectivity index (χ2n) is 5.39. The molecule has 3 heteroatoms. The van der Waals surface area contributed by atoms with Crippen molar-refractivity contribution in [3.05, 3.63) is 29.0 Å². The van der Waals surface area contributed by atoms with E-state index in [0.29, 0.717) is 6.04 Å². The summed E-state index contributed by atoms with van der Waals surface area (Å²) in [5.41, 5.74) is 1.00. The van der Waals surface area contributed by atoms with Gasteiger partial charge in [-0.2, -0.15) is 0 Å². The van der Waals surface area contributed by atoms with Crippen LogP contribution in [-0.2, 0) is 0 Å². The molecule has 1 unspecified atom stereocenters. The van der Waals surface area contributed by atoms with Gasteiger partial charge in [0.2, 0.25) is 0 Å². The van der Waals surface area contributed by atoms with Gasteiger partial charge < -0.3 is 5.32 Å². The fourth-order valence-electron chi connectivity index (χ4n) is 2.54. The minimum absolute atomic E-state index is 0.296. The van der Waals surface area contributed by atoms with Crippen LogP contribution in [0.15, 0.2) is 18.3 Å². The largest absolute Gasteiger partial charge is 0.309 e. The number of aromatic nitrogens is 1. The minimum atomic E-state index is 0.296. The normalized spacial score (nSPS) is 12.6. The third-order valence-corrected chi connectivity index (χ3v) is 3.98. The zero-order valence-corrected chi connectivity index (χ0v) is 13.8. The molecule has 0 aliphatic heterocycles. The first-order valence-corrected chi connectivity index (χ1v) is 8.51. The fourth-order valence-corrected chi connectivity index (χ4v) is 2.79. The molecule has 0 fully saturated rings. The molecule has 0 spiro atoms. The first-order valence-electron chi connectivity index (χ1n) is 8.13. The van der Waals surface area contributed by atoms with Gasteiger partial charge in [-0.3, -0.25) is 4.98 Å². The van der Waals surface area contributed by atoms with Gasteiger partial charge in [-0.25, -0.2) is 0 Å². The van der Waals surface area contributed by atoms with Crippen molar-refractivity contribution in [2.24, 2.45) is 0 Å². The first kappa shape index (κ1) is 17.5. The number of nitrogens with one attached hydrogen (secondary N) is 1. The van der Waals surface area contributed by atoms with Crippen LogP contribution in [0.25, 0.3) is 0 Å². The fraction of sp³-hybridized carbons (Fsp3) is 0.706. The Kier molecular flexibility index (Phi) is 9.69. The lowest BCUT2D eigenvalue weighted by molar-refractivity contribution is 0.467. The van der Waals surface area contributed by atoms with Gasteiger partial charge in [0.15, 0.2) is 0 Å². The summed E-state index contributed by atoms with van der Waals surface area (Å²) in [5.74, 6) is 0. The number of halogens is 1. The molecule has 1 heterocycles. The number of nitrogens with zero attached hydrogens (tertiary/aromatic N) is 1. The van der Waals surface area contributed by atoms with E-state index in [1.165, 1.54) is 44.9 Å². The van der Waals surface area contributed by atoms with E-state index < -0.39 is 0 Å². The molecule has 2 nitrogen and oxygen atoms in total. The Bertz CT molecular complexity index is 355. The summed E-state index contributed by atoms with van der Waals surface area (Å²) in [4.78, 5) is 4.44. The summed E-state index contributed by atoms with van der Waals surface area (Å²) in [5, 5.41) is 4.28. The Balaban J connectivity index is 2.31. The molecule has 0 aliphatic rings. The Morgan fingerprint density at radius 2 is 1.80 bits per heavy atom. The number of pyridine rings is 1. The van der Waals surface area contributed by atoms with Gasteiger partial charge in [-0.1, -0.05) is 70.4 Å². The lowest BCUT2D eigenvalue weighted by atomic mass is 10.0. The molecule has 114 valence electrons. The molecule has 0 amide bonds. The zero-order chi connectivity index (χ0) is 14.6. The molecule has 1 aromatic rings. The van der Waals surface area contributed by atoms with Crippen LogP contribution in [0.1, 0.15) is 76.9 Å². The Morgan fingerprint density at radius 3 is 2.45 bits per heavy atom. The predicted octanol–water partition coefficient (Wildman–Crippen LogP) is 5.53. The van der Waals surface area contributed by atoms with Crippen LogP contribution in [0.5, 0.6) is 0 Å². The third kappa shape index (κ3) is 6.71. The van der Waals surface area contributed by atoms with Crippen molar-refractivity contribution in [3.8, 4) is 0 Å². The maximum absolute atomic E-state index is 6.25. The summed E-state index contributed by atoms with van der Waals surface area (Å²) in [6.07, 6.45) is 12.3. The minimum Gasteiger partial charge on any atom is -0.309 e. The van der Waals surface area contributed by atoms with Crippen LogP contribution >= 0.6 is 11.6 Å². The van der Waals surface area contributed by atoms with Crippen molar-refractivity contribution in [2.75, 3.05) is 6.54 Å². The molecule has 20 heavy (non-hydrogen) atoms. The molecule has 1 atom stereocenters. The van der Waals surface area contributed by atoms with Crippen LogP contribution in [0, 0.1) is 0 Å². The van der Waals surface area contributed by atoms with Crippen molar-refractivity contribution >= 4 is 11.6 Å². The van der Waals surface area contributed by atoms with Gasteiger partial charge in [0.1, 0.15) is 0 Å². The molecule has 1 rings (SSSR count). The summed E-state index contributed by atoms with van der Waals surface area (Å²) < 4.78 is 0. The lowest BCUT2D eigenvalue weighted by Gasteiger charge is -2.18. The van der Waals surface area contributed by atoms with E-state index in [-0.39, 0.29) is 0 Å². The van der Waals surface area contributed by atoms with E-state index in [1.807, 2.05) is 18.3 Å². The number of rotatable bonds is 11. The summed E-state index contributed by atoms with van der Waals surface area (Å²) in [7, 11) is 0. The highest BCUT2D eigenvalue weighted by Gasteiger charge is 2.14. The van der Waals surface area contributed by atoms with Gasteiger partial charge in [0.25, 0.3) is 0 Å². The smallest absolute Gasteiger partial charge is 0.0758 e. The van der Waals surface area contributed by atoms with Gasteiger partial charge in [0, 0.05) is 6.20 Å². The monoisotopic (exact) mass is 296 g/mol. The standard InChI is InChI=1S/C17H29ClN2/c1-3-5-6-7-8-9-10-13-16(19-4-2)17-15(18)12-11-14-20-17/h11-12,14,16,19H,3-10,13H2,1-2H3. The molecule has 0 saturated carbocycles. The van der Waals surface area contributed by atoms with Crippen LogP contribution < -0.4 is 5.32 Å². The summed E-state index contributed by atoms with van der Waals surface area (Å²) >= 11 is 6.25. The number of hydrogen-bond acceptors (Lipinski definition) is 2. The van der Waals surface area contributed by atoms with E-state index in [0.717, 1.165) is 23.7 Å². The highest BCUT2D eigenvalue weighted by atomic mass is 35.5. The van der Waals surface area contributed by atoms with E-state index in [2.05, 4.69) is 24.1 Å². The van der Waals surface area contributed by atoms with Gasteiger partial charge in [-0.15, -0.1) is 0 Å². The van der Waals surface area contributed by atoms with Gasteiger partial charge in [-0.05, 0) is 25.1 Å². The predicted molar refractivity (Wildman–Crippen MR) is 88.3 cm³/mol. The van der Waals surface area contributed by atoms with Gasteiger partial charge in [0.05, 0.1) is 16.8 Å². The van der Waals surface area contributed by atoms with E-state index in [4.69, 9.17) is 11.6 Å². The van der Waals surface area contributed by atoms with Crippen LogP contribution in [-0.4, -0.2) is 11.5 Å². The average molecular weight is 297 g/mol. The number of unbranched alkanes of at least 4 members (excludes halogenated alkanes) is 6. The SMILES string of the molecule is CCCCCCCCCC(NCC)c1ncccc1Cl. The maximum atomic E-state index is 6.25. The third-order valence-electron chi connectivity index (χ3n) is 3.66. The lowest BCUT2D eigenvalue weighted by Crippen LogP contribution is -2.22. The van der Waals surface area contributed by atoms with Gasteiger partial charge >= 0.3 is 0 Å². The number of hydrogen-bond donors (Lipinski definition) is 1. The van der Waals surface area contributed by atoms with Crippen LogP contribution in [0.4, 0.5) is 0 Å². The highest BCUT2D eigenvalue weighted by molar-refractivity contribution is 6.31. The van der Waals surface area contributed by atoms with Crippen molar-refractivity contribution in [3.63, 3.8) is 0 Å². The van der Waals surface area contributed by atoms with Crippen molar-refractivity contribution in [1.82, 2.24) is 10.3 Å². The van der Waals surface area contributed by atoms with Crippen molar-refractivity contribution < 1.29 is 0 Å². The second-order valence-corrected chi connectivity index (χ2v) is 5.80. The first-order chi connectivity index (χ1) is 9.79. The summed E-state index contributed by atoms with van der Waals surface area (Å²) in [6.45, 7) is 5.35. The molecular weight excluding hydrogens is 268 g/mol. The van der Waals surface area contributed by atoms with E-state index in [9.17, 15) is 0 Å². The molecule has 1 aromatic heterocycles. The van der Waals surface area contributed by atoms with Crippen molar-refractivity contribution in [2.45, 2.75) is 71.3 Å². The highest BCUT2D eigenvalue weighted by Crippen LogP contribution is 2.24. The Labute approximate surface area is 129 Å². The van der Waals surface area contributed by atoms with Crippen molar-refractivity contribution in [1.29, 1.82) is 0 Å². The maximum Gasteiger partial charge on any atom is 0.0758 e. The van der Waals surface area contributed by atoms with E-state index in [1.54, 1.807) is 0 Å². The molecule has 0 saturated heterocycles. The topological polar surface area (TPSA) is 24.9 Å². The molecule has 0 aromatic carbocycles. The quantitative estimate of drug-likeness (QED) is 0.543.